The molecule has 0 saturated heterocycles. The Morgan fingerprint density at radius 2 is 2.06 bits per heavy atom. The summed E-state index contributed by atoms with van der Waals surface area (Å²) in [5, 5.41) is 3.97. The molecule has 0 aliphatic carbocycles. The highest BCUT2D eigenvalue weighted by molar-refractivity contribution is 9.10. The minimum Gasteiger partial charge on any atom is -0.338 e. The van der Waals surface area contributed by atoms with Gasteiger partial charge in [0.05, 0.1) is 6.04 Å². The second kappa shape index (κ2) is 5.63. The molecule has 1 heterocycles. The number of nitrogens with two attached hydrogens (primary N) is 1. The molecule has 2 aromatic rings. The molecule has 1 aromatic heterocycles. The van der Waals surface area contributed by atoms with Crippen LogP contribution in [0.4, 0.5) is 0 Å². The lowest BCUT2D eigenvalue weighted by Crippen LogP contribution is -2.17. The Bertz CT molecular complexity index is 524. The van der Waals surface area contributed by atoms with Crippen LogP contribution in [0.5, 0.6) is 0 Å². The lowest BCUT2D eigenvalue weighted by Gasteiger charge is -2.09. The molecular weight excluding hydrogens is 294 g/mol. The number of halogens is 1. The van der Waals surface area contributed by atoms with E-state index in [1.807, 2.05) is 38.1 Å². The summed E-state index contributed by atoms with van der Waals surface area (Å²) < 4.78 is 6.24. The van der Waals surface area contributed by atoms with E-state index in [-0.39, 0.29) is 12.0 Å². The summed E-state index contributed by atoms with van der Waals surface area (Å²) >= 11 is 3.50. The minimum atomic E-state index is -0.203. The number of nitrogens with zero attached hydrogens (tertiary/aromatic N) is 2. The number of benzene rings is 1. The summed E-state index contributed by atoms with van der Waals surface area (Å²) in [7, 11) is 0. The van der Waals surface area contributed by atoms with Crippen LogP contribution in [0.25, 0.3) is 0 Å². The van der Waals surface area contributed by atoms with Gasteiger partial charge in [-0.15, -0.1) is 0 Å². The minimum absolute atomic E-state index is 0.203. The Morgan fingerprint density at radius 1 is 1.33 bits per heavy atom. The van der Waals surface area contributed by atoms with Gasteiger partial charge in [0.15, 0.2) is 5.82 Å². The van der Waals surface area contributed by atoms with Gasteiger partial charge in [0, 0.05) is 10.9 Å². The molecule has 0 fully saturated rings. The fourth-order valence-corrected chi connectivity index (χ4v) is 2.00. The second-order valence-corrected chi connectivity index (χ2v) is 5.44. The van der Waals surface area contributed by atoms with Crippen LogP contribution in [-0.2, 0) is 6.42 Å². The first kappa shape index (κ1) is 13.2. The molecule has 0 saturated carbocycles. The van der Waals surface area contributed by atoms with Crippen LogP contribution < -0.4 is 5.73 Å². The molecule has 96 valence electrons. The summed E-state index contributed by atoms with van der Waals surface area (Å²) in [5.74, 6) is 1.45. The first-order valence-corrected chi connectivity index (χ1v) is 6.68. The average Bonchev–Trinajstić information content (AvgIpc) is 2.79. The van der Waals surface area contributed by atoms with Gasteiger partial charge in [-0.25, -0.2) is 0 Å². The number of hydrogen-bond donors (Lipinski definition) is 1. The molecular formula is C13H16BrN3O. The Kier molecular flexibility index (Phi) is 4.14. The predicted octanol–water partition coefficient (Wildman–Crippen LogP) is 3.08. The zero-order chi connectivity index (χ0) is 13.1. The molecule has 0 aliphatic rings. The summed E-state index contributed by atoms with van der Waals surface area (Å²) in [4.78, 5) is 4.34. The molecule has 0 unspecified atom stereocenters. The van der Waals surface area contributed by atoms with E-state index in [0.717, 1.165) is 10.0 Å². The van der Waals surface area contributed by atoms with Crippen LogP contribution in [0, 0.1) is 5.92 Å². The average molecular weight is 310 g/mol. The van der Waals surface area contributed by atoms with E-state index in [4.69, 9.17) is 10.3 Å². The van der Waals surface area contributed by atoms with E-state index >= 15 is 0 Å². The molecule has 0 amide bonds. The van der Waals surface area contributed by atoms with Crippen LogP contribution >= 0.6 is 15.9 Å². The van der Waals surface area contributed by atoms with E-state index in [2.05, 4.69) is 26.1 Å². The van der Waals surface area contributed by atoms with E-state index in [0.29, 0.717) is 18.1 Å². The van der Waals surface area contributed by atoms with Crippen molar-refractivity contribution >= 4 is 15.9 Å². The topological polar surface area (TPSA) is 64.9 Å². The van der Waals surface area contributed by atoms with Crippen molar-refractivity contribution in [3.63, 3.8) is 0 Å². The second-order valence-electron chi connectivity index (χ2n) is 4.59. The fourth-order valence-electron chi connectivity index (χ4n) is 1.57. The summed E-state index contributed by atoms with van der Waals surface area (Å²) in [6.45, 7) is 4.06. The molecule has 2 rings (SSSR count). The van der Waals surface area contributed by atoms with Crippen molar-refractivity contribution < 1.29 is 4.52 Å². The van der Waals surface area contributed by atoms with E-state index in [1.54, 1.807) is 0 Å². The normalized spacial score (nSPS) is 12.9. The fraction of sp³-hybridized carbons (Fsp3) is 0.385. The highest BCUT2D eigenvalue weighted by Gasteiger charge is 2.18. The van der Waals surface area contributed by atoms with Crippen LogP contribution in [0.3, 0.4) is 0 Å². The van der Waals surface area contributed by atoms with Crippen molar-refractivity contribution in [1.29, 1.82) is 0 Å². The summed E-state index contributed by atoms with van der Waals surface area (Å²) in [5.41, 5.74) is 7.10. The Morgan fingerprint density at radius 3 is 2.72 bits per heavy atom. The third kappa shape index (κ3) is 2.97. The maximum atomic E-state index is 5.97. The standard InChI is InChI=1S/C13H16BrN3O/c1-8(2)12(15)13-16-11(17-18-13)7-9-5-3-4-6-10(9)14/h3-6,8,12H,7,15H2,1-2H3/t12-/m1/s1. The van der Waals surface area contributed by atoms with Crippen molar-refractivity contribution in [1.82, 2.24) is 10.1 Å². The maximum Gasteiger partial charge on any atom is 0.243 e. The van der Waals surface area contributed by atoms with Crippen LogP contribution in [-0.4, -0.2) is 10.1 Å². The number of rotatable bonds is 4. The van der Waals surface area contributed by atoms with Gasteiger partial charge in [-0.2, -0.15) is 4.98 Å². The third-order valence-electron chi connectivity index (χ3n) is 2.79. The summed E-state index contributed by atoms with van der Waals surface area (Å²) in [6, 6.07) is 7.79. The zero-order valence-electron chi connectivity index (χ0n) is 10.4. The van der Waals surface area contributed by atoms with Gasteiger partial charge in [-0.3, -0.25) is 0 Å². The number of hydrogen-bond acceptors (Lipinski definition) is 4. The molecule has 1 atom stereocenters. The molecule has 0 spiro atoms. The van der Waals surface area contributed by atoms with Crippen molar-refractivity contribution in [2.75, 3.05) is 0 Å². The largest absolute Gasteiger partial charge is 0.338 e. The van der Waals surface area contributed by atoms with Gasteiger partial charge in [0.2, 0.25) is 5.89 Å². The lowest BCUT2D eigenvalue weighted by atomic mass is 10.1. The lowest BCUT2D eigenvalue weighted by molar-refractivity contribution is 0.322. The first-order chi connectivity index (χ1) is 8.58. The smallest absolute Gasteiger partial charge is 0.243 e. The van der Waals surface area contributed by atoms with Gasteiger partial charge < -0.3 is 10.3 Å². The zero-order valence-corrected chi connectivity index (χ0v) is 12.0. The van der Waals surface area contributed by atoms with Crippen molar-refractivity contribution in [3.05, 3.63) is 46.0 Å². The molecule has 0 aliphatic heterocycles. The van der Waals surface area contributed by atoms with Crippen LogP contribution in [0.1, 0.15) is 37.2 Å². The van der Waals surface area contributed by atoms with Crippen molar-refractivity contribution in [2.24, 2.45) is 11.7 Å². The highest BCUT2D eigenvalue weighted by Crippen LogP contribution is 2.20. The van der Waals surface area contributed by atoms with Crippen LogP contribution in [0.2, 0.25) is 0 Å². The van der Waals surface area contributed by atoms with E-state index in [9.17, 15) is 0 Å². The highest BCUT2D eigenvalue weighted by atomic mass is 79.9. The molecule has 1 aromatic carbocycles. The Balaban J connectivity index is 2.14. The molecule has 5 heteroatoms. The molecule has 18 heavy (non-hydrogen) atoms. The van der Waals surface area contributed by atoms with Gasteiger partial charge in [0.25, 0.3) is 0 Å². The maximum absolute atomic E-state index is 5.97. The van der Waals surface area contributed by atoms with E-state index < -0.39 is 0 Å². The molecule has 0 bridgehead atoms. The van der Waals surface area contributed by atoms with E-state index in [1.165, 1.54) is 0 Å². The number of aromatic nitrogens is 2. The first-order valence-electron chi connectivity index (χ1n) is 5.89. The quantitative estimate of drug-likeness (QED) is 0.942. The van der Waals surface area contributed by atoms with Crippen LogP contribution in [0.15, 0.2) is 33.3 Å². The third-order valence-corrected chi connectivity index (χ3v) is 3.57. The Hall–Kier alpha value is -1.20. The van der Waals surface area contributed by atoms with Gasteiger partial charge in [0.1, 0.15) is 0 Å². The van der Waals surface area contributed by atoms with Crippen molar-refractivity contribution in [2.45, 2.75) is 26.3 Å². The van der Waals surface area contributed by atoms with Crippen molar-refractivity contribution in [3.8, 4) is 0 Å². The Labute approximate surface area is 115 Å². The SMILES string of the molecule is CC(C)[C@@H](N)c1nc(Cc2ccccc2Br)no1. The monoisotopic (exact) mass is 309 g/mol. The van der Waals surface area contributed by atoms with Gasteiger partial charge in [-0.05, 0) is 17.5 Å². The predicted molar refractivity (Wildman–Crippen MR) is 73.0 cm³/mol. The molecule has 4 nitrogen and oxygen atoms in total. The van der Waals surface area contributed by atoms with Gasteiger partial charge in [-0.1, -0.05) is 53.1 Å². The molecule has 0 radical (unpaired) electrons. The summed E-state index contributed by atoms with van der Waals surface area (Å²) in [6.07, 6.45) is 0.635. The molecule has 2 N–H and O–H groups in total. The van der Waals surface area contributed by atoms with Gasteiger partial charge >= 0.3 is 0 Å².